The fourth-order valence-electron chi connectivity index (χ4n) is 3.05. The molecule has 2 rings (SSSR count). The van der Waals surface area contributed by atoms with Gasteiger partial charge in [0.1, 0.15) is 11.6 Å². The van der Waals surface area contributed by atoms with Crippen molar-refractivity contribution < 1.29 is 13.9 Å². The van der Waals surface area contributed by atoms with Crippen LogP contribution in [0, 0.1) is 17.0 Å². The Kier molecular flexibility index (Phi) is 5.71. The van der Waals surface area contributed by atoms with Crippen LogP contribution >= 0.6 is 0 Å². The molecular weight excluding hydrogens is 288 g/mol. The van der Waals surface area contributed by atoms with Crippen LogP contribution in [0.15, 0.2) is 23.2 Å². The molecule has 0 spiro atoms. The average molecular weight is 311 g/mol. The molecule has 0 radical (unpaired) electrons. The molecule has 1 aliphatic carbocycles. The molecule has 0 aromatic heterocycles. The third-order valence-electron chi connectivity index (χ3n) is 4.33. The SMILES string of the molecule is NC(=NCC1(CCO)CCCCC1)Nc1cc(F)ccc1F. The van der Waals surface area contributed by atoms with E-state index in [4.69, 9.17) is 5.73 Å². The summed E-state index contributed by atoms with van der Waals surface area (Å²) >= 11 is 0. The second kappa shape index (κ2) is 7.54. The third kappa shape index (κ3) is 4.40. The van der Waals surface area contributed by atoms with Gasteiger partial charge in [0.05, 0.1) is 5.69 Å². The lowest BCUT2D eigenvalue weighted by molar-refractivity contribution is 0.137. The Morgan fingerprint density at radius 1 is 1.27 bits per heavy atom. The van der Waals surface area contributed by atoms with Gasteiger partial charge in [-0.05, 0) is 36.8 Å². The normalized spacial score (nSPS) is 18.2. The Morgan fingerprint density at radius 2 is 2.00 bits per heavy atom. The number of nitrogens with two attached hydrogens (primary N) is 1. The molecule has 22 heavy (non-hydrogen) atoms. The maximum Gasteiger partial charge on any atom is 0.193 e. The summed E-state index contributed by atoms with van der Waals surface area (Å²) in [4.78, 5) is 4.29. The molecule has 0 unspecified atom stereocenters. The topological polar surface area (TPSA) is 70.6 Å². The van der Waals surface area contributed by atoms with E-state index in [9.17, 15) is 13.9 Å². The fourth-order valence-corrected chi connectivity index (χ4v) is 3.05. The van der Waals surface area contributed by atoms with Crippen LogP contribution in [0.25, 0.3) is 0 Å². The summed E-state index contributed by atoms with van der Waals surface area (Å²) in [5, 5.41) is 11.9. The molecule has 1 aromatic rings. The summed E-state index contributed by atoms with van der Waals surface area (Å²) in [5.41, 5.74) is 5.73. The van der Waals surface area contributed by atoms with Gasteiger partial charge in [-0.2, -0.15) is 0 Å². The molecule has 0 amide bonds. The van der Waals surface area contributed by atoms with Crippen molar-refractivity contribution in [2.45, 2.75) is 38.5 Å². The van der Waals surface area contributed by atoms with Crippen molar-refractivity contribution in [1.29, 1.82) is 0 Å². The predicted octanol–water partition coefficient (Wildman–Crippen LogP) is 3.02. The van der Waals surface area contributed by atoms with Crippen molar-refractivity contribution in [2.75, 3.05) is 18.5 Å². The first-order chi connectivity index (χ1) is 10.5. The highest BCUT2D eigenvalue weighted by Gasteiger charge is 2.31. The monoisotopic (exact) mass is 311 g/mol. The van der Waals surface area contributed by atoms with Gasteiger partial charge in [-0.25, -0.2) is 8.78 Å². The van der Waals surface area contributed by atoms with E-state index in [1.807, 2.05) is 0 Å². The molecule has 4 nitrogen and oxygen atoms in total. The maximum atomic E-state index is 13.5. The molecule has 1 fully saturated rings. The van der Waals surface area contributed by atoms with E-state index in [0.29, 0.717) is 13.0 Å². The first-order valence-corrected chi connectivity index (χ1v) is 7.67. The van der Waals surface area contributed by atoms with Crippen LogP contribution < -0.4 is 11.1 Å². The number of aliphatic imine (C=N–C) groups is 1. The molecule has 6 heteroatoms. The standard InChI is InChI=1S/C16H23F2N3O/c17-12-4-5-13(18)14(10-12)21-15(19)20-11-16(8-9-22)6-2-1-3-7-16/h4-5,10,22H,1-3,6-9,11H2,(H3,19,20,21). The molecule has 0 aliphatic heterocycles. The molecule has 0 bridgehead atoms. The third-order valence-corrected chi connectivity index (χ3v) is 4.33. The number of aliphatic hydroxyl groups excluding tert-OH is 1. The van der Waals surface area contributed by atoms with Gasteiger partial charge < -0.3 is 16.2 Å². The summed E-state index contributed by atoms with van der Waals surface area (Å²) in [7, 11) is 0. The first-order valence-electron chi connectivity index (χ1n) is 7.67. The number of guanidine groups is 1. The van der Waals surface area contributed by atoms with E-state index in [-0.39, 0.29) is 23.7 Å². The zero-order valence-electron chi connectivity index (χ0n) is 12.6. The summed E-state index contributed by atoms with van der Waals surface area (Å²) in [5.74, 6) is -1.06. The summed E-state index contributed by atoms with van der Waals surface area (Å²) in [6.07, 6.45) is 6.18. The molecular formula is C16H23F2N3O. The molecule has 0 saturated heterocycles. The Labute approximate surface area is 129 Å². The number of nitrogens with zero attached hydrogens (tertiary/aromatic N) is 1. The van der Waals surface area contributed by atoms with E-state index in [2.05, 4.69) is 10.3 Å². The van der Waals surface area contributed by atoms with Crippen molar-refractivity contribution in [3.8, 4) is 0 Å². The van der Waals surface area contributed by atoms with Gasteiger partial charge in [0.2, 0.25) is 0 Å². The van der Waals surface area contributed by atoms with Gasteiger partial charge in [-0.3, -0.25) is 4.99 Å². The molecule has 0 heterocycles. The minimum absolute atomic E-state index is 0.0268. The zero-order valence-corrected chi connectivity index (χ0v) is 12.6. The van der Waals surface area contributed by atoms with Crippen LogP contribution in [-0.2, 0) is 0 Å². The van der Waals surface area contributed by atoms with Crippen LogP contribution in [0.3, 0.4) is 0 Å². The first kappa shape index (κ1) is 16.7. The molecule has 1 saturated carbocycles. The lowest BCUT2D eigenvalue weighted by atomic mass is 9.72. The molecule has 0 atom stereocenters. The van der Waals surface area contributed by atoms with Crippen LogP contribution in [0.1, 0.15) is 38.5 Å². The second-order valence-corrected chi connectivity index (χ2v) is 5.98. The van der Waals surface area contributed by atoms with Crippen molar-refractivity contribution in [2.24, 2.45) is 16.1 Å². The van der Waals surface area contributed by atoms with Gasteiger partial charge in [0.25, 0.3) is 0 Å². The highest BCUT2D eigenvalue weighted by atomic mass is 19.1. The van der Waals surface area contributed by atoms with Gasteiger partial charge in [0.15, 0.2) is 5.96 Å². The second-order valence-electron chi connectivity index (χ2n) is 5.98. The van der Waals surface area contributed by atoms with Gasteiger partial charge in [0, 0.05) is 19.2 Å². The van der Waals surface area contributed by atoms with Crippen LogP contribution in [0.2, 0.25) is 0 Å². The van der Waals surface area contributed by atoms with Gasteiger partial charge in [-0.1, -0.05) is 19.3 Å². The predicted molar refractivity (Wildman–Crippen MR) is 83.7 cm³/mol. The lowest BCUT2D eigenvalue weighted by Crippen LogP contribution is -2.31. The highest BCUT2D eigenvalue weighted by molar-refractivity contribution is 5.92. The van der Waals surface area contributed by atoms with Crippen LogP contribution in [-0.4, -0.2) is 24.2 Å². The zero-order chi connectivity index (χ0) is 16.0. The fraction of sp³-hybridized carbons (Fsp3) is 0.562. The Balaban J connectivity index is 2.03. The number of nitrogens with one attached hydrogen (secondary N) is 1. The van der Waals surface area contributed by atoms with E-state index < -0.39 is 11.6 Å². The van der Waals surface area contributed by atoms with E-state index in [0.717, 1.165) is 43.9 Å². The van der Waals surface area contributed by atoms with Gasteiger partial charge in [-0.15, -0.1) is 0 Å². The number of aliphatic hydroxyl groups is 1. The number of benzene rings is 1. The average Bonchev–Trinajstić information content (AvgIpc) is 2.50. The molecule has 4 N–H and O–H groups in total. The Hall–Kier alpha value is -1.69. The molecule has 122 valence electrons. The lowest BCUT2D eigenvalue weighted by Gasteiger charge is -2.35. The summed E-state index contributed by atoms with van der Waals surface area (Å²) in [6, 6.07) is 3.13. The summed E-state index contributed by atoms with van der Waals surface area (Å²) < 4.78 is 26.7. The molecule has 1 aliphatic rings. The van der Waals surface area contributed by atoms with E-state index in [1.165, 1.54) is 6.42 Å². The largest absolute Gasteiger partial charge is 0.396 e. The number of halogens is 2. The minimum atomic E-state index is -0.581. The number of hydrogen-bond donors (Lipinski definition) is 3. The smallest absolute Gasteiger partial charge is 0.193 e. The van der Waals surface area contributed by atoms with Crippen molar-refractivity contribution in [3.63, 3.8) is 0 Å². The van der Waals surface area contributed by atoms with Crippen molar-refractivity contribution in [1.82, 2.24) is 0 Å². The molecule has 1 aromatic carbocycles. The van der Waals surface area contributed by atoms with E-state index >= 15 is 0 Å². The Bertz CT molecular complexity index is 523. The van der Waals surface area contributed by atoms with Crippen LogP contribution in [0.5, 0.6) is 0 Å². The maximum absolute atomic E-state index is 13.5. The van der Waals surface area contributed by atoms with E-state index in [1.54, 1.807) is 0 Å². The number of anilines is 1. The highest BCUT2D eigenvalue weighted by Crippen LogP contribution is 2.39. The minimum Gasteiger partial charge on any atom is -0.396 e. The number of hydrogen-bond acceptors (Lipinski definition) is 2. The number of rotatable bonds is 5. The van der Waals surface area contributed by atoms with Crippen molar-refractivity contribution in [3.05, 3.63) is 29.8 Å². The van der Waals surface area contributed by atoms with Crippen molar-refractivity contribution >= 4 is 11.6 Å². The Morgan fingerprint density at radius 3 is 2.68 bits per heavy atom. The summed E-state index contributed by atoms with van der Waals surface area (Å²) in [6.45, 7) is 0.616. The van der Waals surface area contributed by atoms with Crippen LogP contribution in [0.4, 0.5) is 14.5 Å². The van der Waals surface area contributed by atoms with Gasteiger partial charge >= 0.3 is 0 Å². The quantitative estimate of drug-likeness (QED) is 0.578.